The minimum atomic E-state index is 0.240. The van der Waals surface area contributed by atoms with Gasteiger partial charge in [-0.25, -0.2) is 15.0 Å². The summed E-state index contributed by atoms with van der Waals surface area (Å²) in [4.78, 5) is 13.5. The predicted octanol–water partition coefficient (Wildman–Crippen LogP) is 2.77. The molecule has 0 atom stereocenters. The quantitative estimate of drug-likeness (QED) is 0.714. The first-order valence-corrected chi connectivity index (χ1v) is 5.94. The second kappa shape index (κ2) is 3.78. The Hall–Kier alpha value is -2.01. The molecule has 0 aliphatic carbocycles. The van der Waals surface area contributed by atoms with E-state index in [1.54, 1.807) is 18.5 Å². The van der Waals surface area contributed by atoms with Gasteiger partial charge in [0.05, 0.1) is 5.56 Å². The van der Waals surface area contributed by atoms with E-state index in [0.717, 1.165) is 21.0 Å². The van der Waals surface area contributed by atoms with Gasteiger partial charge in [-0.05, 0) is 18.6 Å². The molecule has 3 rings (SSSR count). The lowest BCUT2D eigenvalue weighted by molar-refractivity contribution is 0.477. The van der Waals surface area contributed by atoms with Gasteiger partial charge in [-0.15, -0.1) is 0 Å². The molecule has 0 amide bonds. The zero-order valence-corrected chi connectivity index (χ0v) is 9.90. The molecule has 0 radical (unpaired) electrons. The molecule has 0 fully saturated rings. The first-order valence-electron chi connectivity index (χ1n) is 5.12. The summed E-state index contributed by atoms with van der Waals surface area (Å²) in [6.07, 6.45) is 3.26. The molecule has 84 valence electrons. The monoisotopic (exact) mass is 243 g/mol. The first kappa shape index (κ1) is 10.2. The van der Waals surface area contributed by atoms with E-state index in [4.69, 9.17) is 0 Å². The van der Waals surface area contributed by atoms with Crippen molar-refractivity contribution in [3.8, 4) is 16.3 Å². The molecule has 2 heterocycles. The molecule has 1 N–H and O–H groups in total. The van der Waals surface area contributed by atoms with Gasteiger partial charge in [0.1, 0.15) is 10.8 Å². The average molecular weight is 243 g/mol. The van der Waals surface area contributed by atoms with Crippen LogP contribution in [0.5, 0.6) is 5.75 Å². The lowest BCUT2D eigenvalue weighted by Gasteiger charge is -2.03. The summed E-state index contributed by atoms with van der Waals surface area (Å²) in [5.41, 5.74) is 2.37. The zero-order valence-electron chi connectivity index (χ0n) is 9.08. The number of aromatic nitrogens is 3. The second-order valence-corrected chi connectivity index (χ2v) is 4.65. The predicted molar refractivity (Wildman–Crippen MR) is 67.0 cm³/mol. The van der Waals surface area contributed by atoms with Crippen molar-refractivity contribution in [2.75, 3.05) is 0 Å². The van der Waals surface area contributed by atoms with Crippen molar-refractivity contribution in [3.63, 3.8) is 0 Å². The van der Waals surface area contributed by atoms with Crippen LogP contribution in [0.15, 0.2) is 30.6 Å². The van der Waals surface area contributed by atoms with E-state index in [9.17, 15) is 5.11 Å². The summed E-state index contributed by atoms with van der Waals surface area (Å²) in [6.45, 7) is 1.95. The highest BCUT2D eigenvalue weighted by atomic mass is 32.1. The Kier molecular flexibility index (Phi) is 2.26. The van der Waals surface area contributed by atoms with E-state index in [0.29, 0.717) is 5.65 Å². The van der Waals surface area contributed by atoms with E-state index >= 15 is 0 Å². The molecular weight excluding hydrogens is 234 g/mol. The Morgan fingerprint density at radius 1 is 1.18 bits per heavy atom. The normalized spacial score (nSPS) is 10.9. The lowest BCUT2D eigenvalue weighted by Crippen LogP contribution is -1.83. The summed E-state index contributed by atoms with van der Waals surface area (Å²) in [5, 5.41) is 10.6. The number of hydrogen-bond acceptors (Lipinski definition) is 5. The maximum Gasteiger partial charge on any atom is 0.190 e. The van der Waals surface area contributed by atoms with Gasteiger partial charge in [-0.2, -0.15) is 0 Å². The molecule has 0 aliphatic rings. The molecule has 2 aromatic heterocycles. The van der Waals surface area contributed by atoms with E-state index in [-0.39, 0.29) is 5.75 Å². The number of hydrogen-bond donors (Lipinski definition) is 1. The molecule has 0 spiro atoms. The van der Waals surface area contributed by atoms with Crippen molar-refractivity contribution in [1.29, 1.82) is 0 Å². The fraction of sp³-hybridized carbons (Fsp3) is 0.0833. The highest BCUT2D eigenvalue weighted by Crippen LogP contribution is 2.35. The molecule has 0 saturated carbocycles. The first-order chi connectivity index (χ1) is 8.25. The third-order valence-corrected chi connectivity index (χ3v) is 3.48. The van der Waals surface area contributed by atoms with Crippen LogP contribution in [-0.2, 0) is 0 Å². The molecule has 4 nitrogen and oxygen atoms in total. The van der Waals surface area contributed by atoms with Crippen molar-refractivity contribution < 1.29 is 5.11 Å². The number of rotatable bonds is 1. The van der Waals surface area contributed by atoms with Gasteiger partial charge in [-0.3, -0.25) is 0 Å². The van der Waals surface area contributed by atoms with Crippen molar-refractivity contribution in [3.05, 3.63) is 36.2 Å². The van der Waals surface area contributed by atoms with Crippen LogP contribution < -0.4 is 0 Å². The topological polar surface area (TPSA) is 58.9 Å². The summed E-state index contributed by atoms with van der Waals surface area (Å²) in [5.74, 6) is 0.240. The number of phenols is 1. The number of fused-ring (bicyclic) bond motifs is 1. The van der Waals surface area contributed by atoms with E-state index in [1.165, 1.54) is 11.3 Å². The van der Waals surface area contributed by atoms with Gasteiger partial charge >= 0.3 is 0 Å². The number of aryl methyl sites for hydroxylation is 1. The van der Waals surface area contributed by atoms with Crippen molar-refractivity contribution in [2.24, 2.45) is 0 Å². The van der Waals surface area contributed by atoms with E-state index in [1.807, 2.05) is 19.1 Å². The average Bonchev–Trinajstić information content (AvgIpc) is 2.71. The Bertz CT molecular complexity index is 640. The summed E-state index contributed by atoms with van der Waals surface area (Å²) >= 11 is 1.43. The molecule has 3 aromatic rings. The van der Waals surface area contributed by atoms with Crippen molar-refractivity contribution >= 4 is 21.8 Å². The van der Waals surface area contributed by atoms with Crippen molar-refractivity contribution in [1.82, 2.24) is 15.0 Å². The summed E-state index contributed by atoms with van der Waals surface area (Å²) in [6, 6.07) is 5.43. The van der Waals surface area contributed by atoms with Crippen LogP contribution in [-0.4, -0.2) is 20.1 Å². The maximum atomic E-state index is 9.90. The van der Waals surface area contributed by atoms with E-state index < -0.39 is 0 Å². The second-order valence-electron chi connectivity index (χ2n) is 3.67. The Morgan fingerprint density at radius 2 is 2.00 bits per heavy atom. The largest absolute Gasteiger partial charge is 0.507 e. The molecule has 5 heteroatoms. The summed E-state index contributed by atoms with van der Waals surface area (Å²) < 4.78 is 0. The fourth-order valence-corrected chi connectivity index (χ4v) is 2.70. The number of thiazole rings is 1. The fourth-order valence-electron chi connectivity index (χ4n) is 1.71. The van der Waals surface area contributed by atoms with Crippen LogP contribution in [0.2, 0.25) is 0 Å². The minimum Gasteiger partial charge on any atom is -0.507 e. The maximum absolute atomic E-state index is 9.90. The van der Waals surface area contributed by atoms with Crippen LogP contribution in [0, 0.1) is 6.92 Å². The molecule has 0 bridgehead atoms. The highest BCUT2D eigenvalue weighted by molar-refractivity contribution is 7.21. The molecule has 0 saturated heterocycles. The number of nitrogens with zero attached hydrogens (tertiary/aromatic N) is 3. The highest BCUT2D eigenvalue weighted by Gasteiger charge is 2.13. The van der Waals surface area contributed by atoms with Gasteiger partial charge in [0.2, 0.25) is 0 Å². The number of phenolic OH excluding ortho intramolecular Hbond substituents is 1. The Labute approximate surface area is 102 Å². The van der Waals surface area contributed by atoms with Crippen LogP contribution in [0.25, 0.3) is 21.0 Å². The third kappa shape index (κ3) is 1.64. The molecule has 0 unspecified atom stereocenters. The van der Waals surface area contributed by atoms with Crippen LogP contribution in [0.3, 0.4) is 0 Å². The van der Waals surface area contributed by atoms with Crippen LogP contribution in [0.4, 0.5) is 0 Å². The standard InChI is InChI=1S/C12H9N3OS/c1-7-3-2-4-8(16)9(7)11-15-10-12(17-11)14-6-5-13-10/h2-6,16H,1H3. The Balaban J connectivity index is 2.27. The van der Waals surface area contributed by atoms with Gasteiger partial charge in [-0.1, -0.05) is 23.5 Å². The Morgan fingerprint density at radius 3 is 2.76 bits per heavy atom. The third-order valence-electron chi connectivity index (χ3n) is 2.51. The van der Waals surface area contributed by atoms with Gasteiger partial charge in [0, 0.05) is 12.4 Å². The molecular formula is C12H9N3OS. The number of aromatic hydroxyl groups is 1. The smallest absolute Gasteiger partial charge is 0.190 e. The molecule has 1 aromatic carbocycles. The minimum absolute atomic E-state index is 0.240. The van der Waals surface area contributed by atoms with Gasteiger partial charge in [0.25, 0.3) is 0 Å². The van der Waals surface area contributed by atoms with Gasteiger partial charge in [0.15, 0.2) is 10.5 Å². The molecule has 0 aliphatic heterocycles. The summed E-state index contributed by atoms with van der Waals surface area (Å²) in [7, 11) is 0. The zero-order chi connectivity index (χ0) is 11.8. The SMILES string of the molecule is Cc1cccc(O)c1-c1nc2nccnc2s1. The number of benzene rings is 1. The lowest BCUT2D eigenvalue weighted by atomic mass is 10.1. The van der Waals surface area contributed by atoms with E-state index in [2.05, 4.69) is 15.0 Å². The van der Waals surface area contributed by atoms with Crippen LogP contribution in [0.1, 0.15) is 5.56 Å². The molecule has 17 heavy (non-hydrogen) atoms. The van der Waals surface area contributed by atoms with Gasteiger partial charge < -0.3 is 5.11 Å². The van der Waals surface area contributed by atoms with Crippen LogP contribution >= 0.6 is 11.3 Å². The van der Waals surface area contributed by atoms with Crippen molar-refractivity contribution in [2.45, 2.75) is 6.92 Å².